The first kappa shape index (κ1) is 21.4. The molecule has 158 valence electrons. The van der Waals surface area contributed by atoms with Crippen molar-refractivity contribution in [1.82, 2.24) is 10.6 Å². The molecule has 7 heteroatoms. The highest BCUT2D eigenvalue weighted by Gasteiger charge is 2.23. The lowest BCUT2D eigenvalue weighted by Gasteiger charge is -2.15. The Morgan fingerprint density at radius 1 is 1.00 bits per heavy atom. The number of hydrogen-bond donors (Lipinski definition) is 2. The Hall–Kier alpha value is -3.35. The summed E-state index contributed by atoms with van der Waals surface area (Å²) in [7, 11) is 0. The molecule has 0 bridgehead atoms. The number of amides is 3. The van der Waals surface area contributed by atoms with Crippen molar-refractivity contribution >= 4 is 17.9 Å². The highest BCUT2D eigenvalue weighted by Crippen LogP contribution is 2.17. The van der Waals surface area contributed by atoms with Crippen LogP contribution in [-0.2, 0) is 16.1 Å². The third-order valence-corrected chi connectivity index (χ3v) is 4.92. The molecule has 1 saturated carbocycles. The number of esters is 1. The zero-order chi connectivity index (χ0) is 21.3. The molecule has 0 spiro atoms. The highest BCUT2D eigenvalue weighted by molar-refractivity contribution is 5.98. The van der Waals surface area contributed by atoms with E-state index in [1.807, 2.05) is 30.3 Å². The van der Waals surface area contributed by atoms with Crippen molar-refractivity contribution in [3.05, 3.63) is 65.7 Å². The number of rotatable bonds is 7. The minimum absolute atomic E-state index is 0.0973. The Labute approximate surface area is 175 Å². The maximum atomic E-state index is 12.3. The molecule has 30 heavy (non-hydrogen) atoms. The van der Waals surface area contributed by atoms with Crippen molar-refractivity contribution in [2.75, 3.05) is 0 Å². The van der Waals surface area contributed by atoms with Gasteiger partial charge in [0.2, 0.25) is 0 Å². The fourth-order valence-corrected chi connectivity index (χ4v) is 3.21. The van der Waals surface area contributed by atoms with Gasteiger partial charge in [0.15, 0.2) is 6.10 Å². The Bertz CT molecular complexity index is 861. The van der Waals surface area contributed by atoms with Crippen molar-refractivity contribution in [3.63, 3.8) is 0 Å². The molecule has 0 aromatic heterocycles. The van der Waals surface area contributed by atoms with Crippen molar-refractivity contribution in [3.8, 4) is 5.75 Å². The molecular weight excluding hydrogens is 384 g/mol. The first-order valence-electron chi connectivity index (χ1n) is 10.1. The molecule has 0 unspecified atom stereocenters. The first-order chi connectivity index (χ1) is 14.5. The topological polar surface area (TPSA) is 93.7 Å². The van der Waals surface area contributed by atoms with Gasteiger partial charge in [0.05, 0.1) is 5.56 Å². The van der Waals surface area contributed by atoms with E-state index in [0.717, 1.165) is 37.0 Å². The highest BCUT2D eigenvalue weighted by atomic mass is 16.5. The molecule has 1 aliphatic rings. The van der Waals surface area contributed by atoms with Gasteiger partial charge in [-0.25, -0.2) is 9.59 Å². The fraction of sp³-hybridized carbons (Fsp3) is 0.348. The van der Waals surface area contributed by atoms with Gasteiger partial charge in [0.1, 0.15) is 12.4 Å². The fourth-order valence-electron chi connectivity index (χ4n) is 3.21. The van der Waals surface area contributed by atoms with Crippen LogP contribution in [0.15, 0.2) is 54.6 Å². The van der Waals surface area contributed by atoms with Crippen LogP contribution in [0.25, 0.3) is 0 Å². The van der Waals surface area contributed by atoms with Crippen LogP contribution in [0, 0.1) is 0 Å². The van der Waals surface area contributed by atoms with Crippen LogP contribution in [0.4, 0.5) is 4.79 Å². The molecule has 1 fully saturated rings. The van der Waals surface area contributed by atoms with Crippen molar-refractivity contribution in [2.45, 2.75) is 51.4 Å². The predicted molar refractivity (Wildman–Crippen MR) is 111 cm³/mol. The lowest BCUT2D eigenvalue weighted by Crippen LogP contribution is -2.47. The molecule has 2 aromatic carbocycles. The summed E-state index contributed by atoms with van der Waals surface area (Å²) in [4.78, 5) is 36.3. The summed E-state index contributed by atoms with van der Waals surface area (Å²) in [6, 6.07) is 15.7. The van der Waals surface area contributed by atoms with Gasteiger partial charge >= 0.3 is 12.0 Å². The van der Waals surface area contributed by atoms with E-state index < -0.39 is 24.0 Å². The minimum Gasteiger partial charge on any atom is -0.489 e. The lowest BCUT2D eigenvalue weighted by atomic mass is 10.1. The van der Waals surface area contributed by atoms with E-state index in [2.05, 4.69) is 10.6 Å². The molecule has 0 aliphatic heterocycles. The van der Waals surface area contributed by atoms with Gasteiger partial charge in [-0.15, -0.1) is 0 Å². The summed E-state index contributed by atoms with van der Waals surface area (Å²) in [6.07, 6.45) is 2.89. The standard InChI is InChI=1S/C23H26N2O5/c1-16(21(26)25-23(28)24-19-7-5-6-8-19)30-22(27)18-13-11-17(12-14-18)15-29-20-9-3-2-4-10-20/h2-4,9-14,16,19H,5-8,15H2,1H3,(H2,24,25,26,28)/t16-/m1/s1. The van der Waals surface area contributed by atoms with Gasteiger partial charge in [-0.2, -0.15) is 0 Å². The molecule has 3 rings (SSSR count). The van der Waals surface area contributed by atoms with Crippen molar-refractivity contribution in [2.24, 2.45) is 0 Å². The molecular formula is C23H26N2O5. The van der Waals surface area contributed by atoms with E-state index in [0.29, 0.717) is 12.2 Å². The van der Waals surface area contributed by atoms with Crippen molar-refractivity contribution in [1.29, 1.82) is 0 Å². The molecule has 2 N–H and O–H groups in total. The zero-order valence-electron chi connectivity index (χ0n) is 16.9. The Morgan fingerprint density at radius 3 is 2.33 bits per heavy atom. The average Bonchev–Trinajstić information content (AvgIpc) is 3.26. The number of hydrogen-bond acceptors (Lipinski definition) is 5. The van der Waals surface area contributed by atoms with Crippen LogP contribution in [0.2, 0.25) is 0 Å². The minimum atomic E-state index is -1.09. The summed E-state index contributed by atoms with van der Waals surface area (Å²) in [5.74, 6) is -0.533. The van der Waals surface area contributed by atoms with E-state index in [4.69, 9.17) is 9.47 Å². The molecule has 0 saturated heterocycles. The summed E-state index contributed by atoms with van der Waals surface area (Å²) < 4.78 is 10.8. The quantitative estimate of drug-likeness (QED) is 0.681. The summed E-state index contributed by atoms with van der Waals surface area (Å²) in [6.45, 7) is 1.80. The number of carbonyl (C=O) groups is 3. The Balaban J connectivity index is 1.44. The molecule has 1 atom stereocenters. The van der Waals surface area contributed by atoms with E-state index >= 15 is 0 Å². The molecule has 1 aliphatic carbocycles. The predicted octanol–water partition coefficient (Wildman–Crippen LogP) is 3.58. The monoisotopic (exact) mass is 410 g/mol. The number of nitrogens with one attached hydrogen (secondary N) is 2. The van der Waals surface area contributed by atoms with Crippen LogP contribution in [0.3, 0.4) is 0 Å². The number of carbonyl (C=O) groups excluding carboxylic acids is 3. The summed E-state index contributed by atoms with van der Waals surface area (Å²) in [5, 5.41) is 4.98. The van der Waals surface area contributed by atoms with E-state index in [9.17, 15) is 14.4 Å². The van der Waals surface area contributed by atoms with Gasteiger partial charge < -0.3 is 14.8 Å². The van der Waals surface area contributed by atoms with Gasteiger partial charge in [-0.1, -0.05) is 43.2 Å². The second-order valence-corrected chi connectivity index (χ2v) is 7.29. The van der Waals surface area contributed by atoms with E-state index in [-0.39, 0.29) is 6.04 Å². The van der Waals surface area contributed by atoms with Crippen LogP contribution in [-0.4, -0.2) is 30.1 Å². The normalized spacial score (nSPS) is 14.6. The van der Waals surface area contributed by atoms with Gasteiger partial charge in [-0.3, -0.25) is 10.1 Å². The van der Waals surface area contributed by atoms with E-state index in [1.54, 1.807) is 24.3 Å². The summed E-state index contributed by atoms with van der Waals surface area (Å²) >= 11 is 0. The number of para-hydroxylation sites is 1. The second kappa shape index (κ2) is 10.4. The van der Waals surface area contributed by atoms with E-state index in [1.165, 1.54) is 6.92 Å². The lowest BCUT2D eigenvalue weighted by molar-refractivity contribution is -0.127. The smallest absolute Gasteiger partial charge is 0.338 e. The average molecular weight is 410 g/mol. The van der Waals surface area contributed by atoms with Crippen LogP contribution < -0.4 is 15.4 Å². The van der Waals surface area contributed by atoms with Gasteiger partial charge in [-0.05, 0) is 49.6 Å². The SMILES string of the molecule is C[C@@H](OC(=O)c1ccc(COc2ccccc2)cc1)C(=O)NC(=O)NC1CCCC1. The maximum Gasteiger partial charge on any atom is 0.338 e. The number of imide groups is 1. The van der Waals surface area contributed by atoms with Gasteiger partial charge in [0.25, 0.3) is 5.91 Å². The largest absolute Gasteiger partial charge is 0.489 e. The third-order valence-electron chi connectivity index (χ3n) is 4.92. The Morgan fingerprint density at radius 2 is 1.67 bits per heavy atom. The Kier molecular flexibility index (Phi) is 7.43. The van der Waals surface area contributed by atoms with Crippen LogP contribution in [0.5, 0.6) is 5.75 Å². The molecule has 7 nitrogen and oxygen atoms in total. The maximum absolute atomic E-state index is 12.3. The summed E-state index contributed by atoms with van der Waals surface area (Å²) in [5.41, 5.74) is 1.21. The number of ether oxygens (including phenoxy) is 2. The molecule has 3 amide bonds. The zero-order valence-corrected chi connectivity index (χ0v) is 16.9. The number of benzene rings is 2. The number of urea groups is 1. The molecule has 2 aromatic rings. The van der Waals surface area contributed by atoms with Crippen LogP contribution in [0.1, 0.15) is 48.5 Å². The molecule has 0 radical (unpaired) electrons. The third kappa shape index (κ3) is 6.34. The van der Waals surface area contributed by atoms with Gasteiger partial charge in [0, 0.05) is 6.04 Å². The van der Waals surface area contributed by atoms with Crippen molar-refractivity contribution < 1.29 is 23.9 Å². The molecule has 0 heterocycles. The van der Waals surface area contributed by atoms with Crippen LogP contribution >= 0.6 is 0 Å². The second-order valence-electron chi connectivity index (χ2n) is 7.29. The first-order valence-corrected chi connectivity index (χ1v) is 10.1.